The summed E-state index contributed by atoms with van der Waals surface area (Å²) in [4.78, 5) is 0. The second kappa shape index (κ2) is 4.02. The van der Waals surface area contributed by atoms with E-state index in [1.807, 2.05) is 18.2 Å². The highest BCUT2D eigenvalue weighted by Crippen LogP contribution is 2.33. The molecule has 0 aromatic heterocycles. The third kappa shape index (κ3) is 2.63. The van der Waals surface area contributed by atoms with Crippen LogP contribution < -0.4 is 15.8 Å². The standard InChI is InChI=1S/C11H15BrN2O/c1-15-10-3-2-8(6-9(10)12)14-7-11(13)4-5-11/h2-3,6,14H,4-5,7,13H2,1H3. The van der Waals surface area contributed by atoms with Gasteiger partial charge in [0.2, 0.25) is 0 Å². The number of benzene rings is 1. The minimum atomic E-state index is 0.0341. The van der Waals surface area contributed by atoms with Crippen LogP contribution in [-0.2, 0) is 0 Å². The first-order valence-corrected chi connectivity index (χ1v) is 5.79. The zero-order chi connectivity index (χ0) is 10.9. The summed E-state index contributed by atoms with van der Waals surface area (Å²) in [7, 11) is 1.66. The van der Waals surface area contributed by atoms with Gasteiger partial charge in [-0.05, 0) is 47.0 Å². The van der Waals surface area contributed by atoms with Crippen molar-refractivity contribution in [2.45, 2.75) is 18.4 Å². The van der Waals surface area contributed by atoms with Gasteiger partial charge in [0.1, 0.15) is 5.75 Å². The van der Waals surface area contributed by atoms with Crippen molar-refractivity contribution < 1.29 is 4.74 Å². The summed E-state index contributed by atoms with van der Waals surface area (Å²) < 4.78 is 6.11. The van der Waals surface area contributed by atoms with Crippen molar-refractivity contribution in [3.05, 3.63) is 22.7 Å². The molecule has 0 radical (unpaired) electrons. The number of nitrogens with one attached hydrogen (secondary N) is 1. The molecule has 2 rings (SSSR count). The predicted octanol–water partition coefficient (Wildman–Crippen LogP) is 2.36. The minimum Gasteiger partial charge on any atom is -0.496 e. The fourth-order valence-corrected chi connectivity index (χ4v) is 1.93. The summed E-state index contributed by atoms with van der Waals surface area (Å²) in [6.45, 7) is 0.839. The van der Waals surface area contributed by atoms with Crippen LogP contribution in [0.15, 0.2) is 22.7 Å². The Kier molecular flexibility index (Phi) is 2.89. The van der Waals surface area contributed by atoms with Crippen molar-refractivity contribution in [1.29, 1.82) is 0 Å². The van der Waals surface area contributed by atoms with Crippen LogP contribution >= 0.6 is 15.9 Å². The second-order valence-corrected chi connectivity index (χ2v) is 4.92. The van der Waals surface area contributed by atoms with E-state index in [4.69, 9.17) is 10.5 Å². The van der Waals surface area contributed by atoms with Crippen molar-refractivity contribution >= 4 is 21.6 Å². The summed E-state index contributed by atoms with van der Waals surface area (Å²) in [5.41, 5.74) is 7.09. The molecule has 1 aromatic rings. The number of hydrogen-bond donors (Lipinski definition) is 2. The smallest absolute Gasteiger partial charge is 0.133 e. The number of hydrogen-bond acceptors (Lipinski definition) is 3. The molecule has 0 atom stereocenters. The maximum Gasteiger partial charge on any atom is 0.133 e. The number of halogens is 1. The Morgan fingerprint density at radius 2 is 2.27 bits per heavy atom. The molecule has 3 N–H and O–H groups in total. The molecule has 4 heteroatoms. The van der Waals surface area contributed by atoms with E-state index in [-0.39, 0.29) is 5.54 Å². The molecule has 1 aliphatic carbocycles. The van der Waals surface area contributed by atoms with E-state index < -0.39 is 0 Å². The second-order valence-electron chi connectivity index (χ2n) is 4.07. The van der Waals surface area contributed by atoms with E-state index in [1.54, 1.807) is 7.11 Å². The van der Waals surface area contributed by atoms with Gasteiger partial charge in [-0.3, -0.25) is 0 Å². The van der Waals surface area contributed by atoms with Gasteiger partial charge in [-0.25, -0.2) is 0 Å². The first-order chi connectivity index (χ1) is 7.13. The summed E-state index contributed by atoms with van der Waals surface area (Å²) >= 11 is 3.45. The van der Waals surface area contributed by atoms with Crippen LogP contribution in [0.25, 0.3) is 0 Å². The van der Waals surface area contributed by atoms with Crippen LogP contribution in [0, 0.1) is 0 Å². The van der Waals surface area contributed by atoms with Crippen LogP contribution in [0.2, 0.25) is 0 Å². The van der Waals surface area contributed by atoms with Gasteiger partial charge in [-0.15, -0.1) is 0 Å². The molecule has 1 aliphatic rings. The molecular weight excluding hydrogens is 256 g/mol. The highest BCUT2D eigenvalue weighted by atomic mass is 79.9. The molecule has 0 bridgehead atoms. The Balaban J connectivity index is 1.99. The predicted molar refractivity (Wildman–Crippen MR) is 65.3 cm³/mol. The van der Waals surface area contributed by atoms with Crippen LogP contribution in [0.1, 0.15) is 12.8 Å². The molecule has 0 amide bonds. The van der Waals surface area contributed by atoms with Crippen LogP contribution in [0.4, 0.5) is 5.69 Å². The van der Waals surface area contributed by atoms with Gasteiger partial charge in [-0.2, -0.15) is 0 Å². The number of rotatable bonds is 4. The molecule has 1 saturated carbocycles. The number of methoxy groups -OCH3 is 1. The number of ether oxygens (including phenoxy) is 1. The van der Waals surface area contributed by atoms with Gasteiger partial charge < -0.3 is 15.8 Å². The molecule has 0 unspecified atom stereocenters. The molecule has 82 valence electrons. The Bertz CT molecular complexity index is 364. The van der Waals surface area contributed by atoms with E-state index >= 15 is 0 Å². The first-order valence-electron chi connectivity index (χ1n) is 4.99. The van der Waals surface area contributed by atoms with Crippen molar-refractivity contribution in [1.82, 2.24) is 0 Å². The SMILES string of the molecule is COc1ccc(NCC2(N)CC2)cc1Br. The van der Waals surface area contributed by atoms with Gasteiger partial charge in [0, 0.05) is 17.8 Å². The maximum atomic E-state index is 5.99. The largest absolute Gasteiger partial charge is 0.496 e. The highest BCUT2D eigenvalue weighted by Gasteiger charge is 2.37. The summed E-state index contributed by atoms with van der Waals surface area (Å²) in [5.74, 6) is 0.842. The lowest BCUT2D eigenvalue weighted by molar-refractivity contribution is 0.412. The van der Waals surface area contributed by atoms with Crippen molar-refractivity contribution in [2.75, 3.05) is 19.0 Å². The maximum absolute atomic E-state index is 5.99. The van der Waals surface area contributed by atoms with E-state index in [2.05, 4.69) is 21.2 Å². The Labute approximate surface area is 98.1 Å². The van der Waals surface area contributed by atoms with Crippen LogP contribution in [0.3, 0.4) is 0 Å². The third-order valence-electron chi connectivity index (χ3n) is 2.69. The molecule has 3 nitrogen and oxygen atoms in total. The van der Waals surface area contributed by atoms with Gasteiger partial charge in [-0.1, -0.05) is 0 Å². The van der Waals surface area contributed by atoms with E-state index in [0.29, 0.717) is 0 Å². The van der Waals surface area contributed by atoms with Crippen molar-refractivity contribution in [3.63, 3.8) is 0 Å². The number of nitrogens with two attached hydrogens (primary N) is 1. The lowest BCUT2D eigenvalue weighted by Gasteiger charge is -2.12. The molecular formula is C11H15BrN2O. The normalized spacial score (nSPS) is 17.3. The van der Waals surface area contributed by atoms with E-state index in [9.17, 15) is 0 Å². The molecule has 0 heterocycles. The first kappa shape index (κ1) is 10.8. The minimum absolute atomic E-state index is 0.0341. The summed E-state index contributed by atoms with van der Waals surface area (Å²) in [5, 5.41) is 3.33. The zero-order valence-electron chi connectivity index (χ0n) is 8.72. The van der Waals surface area contributed by atoms with E-state index in [1.165, 1.54) is 0 Å². The molecule has 0 aliphatic heterocycles. The Morgan fingerprint density at radius 1 is 1.53 bits per heavy atom. The van der Waals surface area contributed by atoms with Gasteiger partial charge in [0.05, 0.1) is 11.6 Å². The van der Waals surface area contributed by atoms with Crippen molar-refractivity contribution in [3.8, 4) is 5.75 Å². The van der Waals surface area contributed by atoms with Gasteiger partial charge >= 0.3 is 0 Å². The monoisotopic (exact) mass is 270 g/mol. The van der Waals surface area contributed by atoms with Gasteiger partial charge in [0.15, 0.2) is 0 Å². The fraction of sp³-hybridized carbons (Fsp3) is 0.455. The van der Waals surface area contributed by atoms with Gasteiger partial charge in [0.25, 0.3) is 0 Å². The third-order valence-corrected chi connectivity index (χ3v) is 3.31. The quantitative estimate of drug-likeness (QED) is 0.883. The average molecular weight is 271 g/mol. The Morgan fingerprint density at radius 3 is 2.80 bits per heavy atom. The summed E-state index contributed by atoms with van der Waals surface area (Å²) in [6.07, 6.45) is 2.24. The average Bonchev–Trinajstić information content (AvgIpc) is 2.95. The zero-order valence-corrected chi connectivity index (χ0v) is 10.3. The molecule has 1 fully saturated rings. The number of anilines is 1. The summed E-state index contributed by atoms with van der Waals surface area (Å²) in [6, 6.07) is 5.93. The van der Waals surface area contributed by atoms with E-state index in [0.717, 1.165) is 35.3 Å². The molecule has 0 spiro atoms. The molecule has 15 heavy (non-hydrogen) atoms. The highest BCUT2D eigenvalue weighted by molar-refractivity contribution is 9.10. The fourth-order valence-electron chi connectivity index (χ4n) is 1.39. The lowest BCUT2D eigenvalue weighted by Crippen LogP contribution is -2.31. The molecule has 1 aromatic carbocycles. The topological polar surface area (TPSA) is 47.3 Å². The van der Waals surface area contributed by atoms with Crippen molar-refractivity contribution in [2.24, 2.45) is 5.73 Å². The lowest BCUT2D eigenvalue weighted by atomic mass is 10.2. The molecule has 0 saturated heterocycles. The Hall–Kier alpha value is -0.740. The van der Waals surface area contributed by atoms with Crippen LogP contribution in [0.5, 0.6) is 5.75 Å². The van der Waals surface area contributed by atoms with Crippen LogP contribution in [-0.4, -0.2) is 19.2 Å².